The van der Waals surface area contributed by atoms with Crippen LogP contribution in [0.3, 0.4) is 0 Å². The second-order valence-corrected chi connectivity index (χ2v) is 7.77. The van der Waals surface area contributed by atoms with Crippen molar-refractivity contribution in [3.05, 3.63) is 65.5 Å². The maximum atomic E-state index is 11.8. The molecule has 0 fully saturated rings. The molecule has 4 aromatic rings. The number of aromatic nitrogens is 1. The number of aryl methyl sites for hydroxylation is 1. The quantitative estimate of drug-likeness (QED) is 0.250. The summed E-state index contributed by atoms with van der Waals surface area (Å²) in [5.41, 5.74) is 3.62. The monoisotopic (exact) mass is 445 g/mol. The van der Waals surface area contributed by atoms with E-state index in [2.05, 4.69) is 16.4 Å². The number of esters is 1. The summed E-state index contributed by atoms with van der Waals surface area (Å²) in [6.45, 7) is 4.26. The number of H-pyrrole nitrogens is 1. The minimum absolute atomic E-state index is 0.198. The molecule has 33 heavy (non-hydrogen) atoms. The van der Waals surface area contributed by atoms with Crippen molar-refractivity contribution < 1.29 is 18.7 Å². The van der Waals surface area contributed by atoms with E-state index in [9.17, 15) is 4.79 Å². The summed E-state index contributed by atoms with van der Waals surface area (Å²) in [7, 11) is 0. The first-order valence-electron chi connectivity index (χ1n) is 11.2. The highest BCUT2D eigenvalue weighted by Crippen LogP contribution is 2.25. The van der Waals surface area contributed by atoms with Crippen LogP contribution in [0.4, 0.5) is 0 Å². The lowest BCUT2D eigenvalue weighted by molar-refractivity contribution is 0.0492. The number of carbonyl (C=O) groups excluding carboxylic acids is 1. The fraction of sp³-hybridized carbons (Fsp3) is 0.308. The summed E-state index contributed by atoms with van der Waals surface area (Å²) in [5, 5.41) is 14.5. The SMILES string of the molecule is CCOC(=O)c1cc2ccc(OCCNCCCCc3c[nH]c4ccc(C#N)cc34)cc2o1. The number of fused-ring (bicyclic) bond motifs is 2. The number of nitriles is 1. The minimum Gasteiger partial charge on any atom is -0.492 e. The summed E-state index contributed by atoms with van der Waals surface area (Å²) < 4.78 is 16.3. The molecule has 0 unspecified atom stereocenters. The summed E-state index contributed by atoms with van der Waals surface area (Å²) >= 11 is 0. The van der Waals surface area contributed by atoms with Gasteiger partial charge in [0, 0.05) is 35.1 Å². The van der Waals surface area contributed by atoms with Crippen LogP contribution in [0, 0.1) is 11.3 Å². The van der Waals surface area contributed by atoms with Gasteiger partial charge < -0.3 is 24.2 Å². The first-order valence-corrected chi connectivity index (χ1v) is 11.2. The Hall–Kier alpha value is -3.76. The van der Waals surface area contributed by atoms with Crippen molar-refractivity contribution >= 4 is 27.8 Å². The molecule has 7 heteroatoms. The van der Waals surface area contributed by atoms with Crippen molar-refractivity contribution in [2.75, 3.05) is 26.3 Å². The van der Waals surface area contributed by atoms with Gasteiger partial charge in [-0.25, -0.2) is 4.79 Å². The predicted octanol–water partition coefficient (Wildman–Crippen LogP) is 4.95. The predicted molar refractivity (Wildman–Crippen MR) is 126 cm³/mol. The van der Waals surface area contributed by atoms with Gasteiger partial charge in [0.05, 0.1) is 18.2 Å². The van der Waals surface area contributed by atoms with E-state index >= 15 is 0 Å². The Labute approximate surface area is 192 Å². The fourth-order valence-corrected chi connectivity index (χ4v) is 3.79. The number of carbonyl (C=O) groups is 1. The largest absolute Gasteiger partial charge is 0.492 e. The highest BCUT2D eigenvalue weighted by atomic mass is 16.5. The molecule has 0 bridgehead atoms. The number of furan rings is 1. The summed E-state index contributed by atoms with van der Waals surface area (Å²) in [5.74, 6) is 0.436. The van der Waals surface area contributed by atoms with Gasteiger partial charge in [0.15, 0.2) is 0 Å². The molecule has 2 N–H and O–H groups in total. The Balaban J connectivity index is 1.16. The summed E-state index contributed by atoms with van der Waals surface area (Å²) in [6, 6.07) is 15.2. The van der Waals surface area contributed by atoms with Crippen molar-refractivity contribution in [1.29, 1.82) is 5.26 Å². The van der Waals surface area contributed by atoms with Crippen LogP contribution in [0.5, 0.6) is 5.75 Å². The average Bonchev–Trinajstić information content (AvgIpc) is 3.44. The normalized spacial score (nSPS) is 11.0. The van der Waals surface area contributed by atoms with Crippen molar-refractivity contribution in [1.82, 2.24) is 10.3 Å². The molecule has 0 aliphatic rings. The van der Waals surface area contributed by atoms with Gasteiger partial charge in [-0.15, -0.1) is 0 Å². The number of aromatic amines is 1. The third-order valence-corrected chi connectivity index (χ3v) is 5.46. The number of rotatable bonds is 11. The molecular formula is C26H27N3O4. The van der Waals surface area contributed by atoms with Crippen LogP contribution >= 0.6 is 0 Å². The van der Waals surface area contributed by atoms with Gasteiger partial charge in [-0.1, -0.05) is 0 Å². The van der Waals surface area contributed by atoms with E-state index in [-0.39, 0.29) is 5.76 Å². The molecule has 0 radical (unpaired) electrons. The van der Waals surface area contributed by atoms with E-state index < -0.39 is 5.97 Å². The number of ether oxygens (including phenoxy) is 2. The van der Waals surface area contributed by atoms with E-state index in [1.54, 1.807) is 19.1 Å². The Morgan fingerprint density at radius 2 is 2.06 bits per heavy atom. The Morgan fingerprint density at radius 1 is 1.15 bits per heavy atom. The van der Waals surface area contributed by atoms with Gasteiger partial charge in [0.1, 0.15) is 17.9 Å². The van der Waals surface area contributed by atoms with Crippen molar-refractivity contribution in [2.24, 2.45) is 0 Å². The minimum atomic E-state index is -0.461. The smallest absolute Gasteiger partial charge is 0.374 e. The lowest BCUT2D eigenvalue weighted by Crippen LogP contribution is -2.22. The molecule has 0 amide bonds. The maximum absolute atomic E-state index is 11.8. The van der Waals surface area contributed by atoms with Gasteiger partial charge in [-0.3, -0.25) is 0 Å². The lowest BCUT2D eigenvalue weighted by Gasteiger charge is -2.07. The number of unbranched alkanes of at least 4 members (excludes halogenated alkanes) is 1. The zero-order chi connectivity index (χ0) is 23.0. The maximum Gasteiger partial charge on any atom is 0.374 e. The number of hydrogen-bond donors (Lipinski definition) is 2. The first kappa shape index (κ1) is 22.4. The van der Waals surface area contributed by atoms with Crippen molar-refractivity contribution in [2.45, 2.75) is 26.2 Å². The molecule has 0 atom stereocenters. The molecule has 0 aliphatic carbocycles. The van der Waals surface area contributed by atoms with Crippen LogP contribution in [-0.4, -0.2) is 37.3 Å². The van der Waals surface area contributed by atoms with Gasteiger partial charge in [-0.05, 0) is 74.7 Å². The molecule has 2 aromatic heterocycles. The first-order chi connectivity index (χ1) is 16.2. The van der Waals surface area contributed by atoms with Crippen molar-refractivity contribution in [3.63, 3.8) is 0 Å². The molecule has 2 aromatic carbocycles. The fourth-order valence-electron chi connectivity index (χ4n) is 3.79. The highest BCUT2D eigenvalue weighted by Gasteiger charge is 2.13. The molecule has 0 aliphatic heterocycles. The van der Waals surface area contributed by atoms with Crippen molar-refractivity contribution in [3.8, 4) is 11.8 Å². The second kappa shape index (κ2) is 10.7. The third kappa shape index (κ3) is 5.54. The zero-order valence-electron chi connectivity index (χ0n) is 18.6. The molecule has 4 rings (SSSR count). The Bertz CT molecular complexity index is 1280. The summed E-state index contributed by atoms with van der Waals surface area (Å²) in [6.07, 6.45) is 5.14. The van der Waals surface area contributed by atoms with E-state index in [4.69, 9.17) is 19.2 Å². The number of nitrogens with one attached hydrogen (secondary N) is 2. The van der Waals surface area contributed by atoms with E-state index in [0.717, 1.165) is 48.6 Å². The van der Waals surface area contributed by atoms with Gasteiger partial charge >= 0.3 is 5.97 Å². The van der Waals surface area contributed by atoms with Gasteiger partial charge in [-0.2, -0.15) is 5.26 Å². The number of nitrogens with zero attached hydrogens (tertiary/aromatic N) is 1. The second-order valence-electron chi connectivity index (χ2n) is 7.77. The van der Waals surface area contributed by atoms with Crippen LogP contribution in [-0.2, 0) is 11.2 Å². The molecule has 170 valence electrons. The highest BCUT2D eigenvalue weighted by molar-refractivity contribution is 5.92. The van der Waals surface area contributed by atoms with Crippen LogP contribution in [0.25, 0.3) is 21.9 Å². The topological polar surface area (TPSA) is 100 Å². The Kier molecular flexibility index (Phi) is 7.28. The van der Waals surface area contributed by atoms with Crippen LogP contribution in [0.2, 0.25) is 0 Å². The van der Waals surface area contributed by atoms with Crippen LogP contribution < -0.4 is 10.1 Å². The van der Waals surface area contributed by atoms with Gasteiger partial charge in [0.25, 0.3) is 0 Å². The number of hydrogen-bond acceptors (Lipinski definition) is 6. The third-order valence-electron chi connectivity index (χ3n) is 5.46. The van der Waals surface area contributed by atoms with E-state index in [0.29, 0.717) is 30.1 Å². The molecule has 2 heterocycles. The van der Waals surface area contributed by atoms with Crippen LogP contribution in [0.15, 0.2) is 53.1 Å². The molecule has 7 nitrogen and oxygen atoms in total. The molecule has 0 spiro atoms. The molecular weight excluding hydrogens is 418 g/mol. The number of benzene rings is 2. The lowest BCUT2D eigenvalue weighted by atomic mass is 10.1. The Morgan fingerprint density at radius 3 is 2.91 bits per heavy atom. The zero-order valence-corrected chi connectivity index (χ0v) is 18.6. The van der Waals surface area contributed by atoms with Gasteiger partial charge in [0.2, 0.25) is 5.76 Å². The molecule has 0 saturated heterocycles. The summed E-state index contributed by atoms with van der Waals surface area (Å²) in [4.78, 5) is 15.1. The van der Waals surface area contributed by atoms with Crippen LogP contribution in [0.1, 0.15) is 41.4 Å². The average molecular weight is 446 g/mol. The standard InChI is InChI=1S/C26H27N3O4/c1-2-31-26(30)25-14-19-7-8-21(15-24(19)33-25)32-12-11-28-10-4-3-5-20-17-29-23-9-6-18(16-27)13-22(20)23/h6-9,13-15,17,28-29H,2-5,10-12H2,1H3. The molecule has 0 saturated carbocycles. The van der Waals surface area contributed by atoms with E-state index in [1.165, 1.54) is 5.56 Å². The van der Waals surface area contributed by atoms with E-state index in [1.807, 2.05) is 36.5 Å².